The summed E-state index contributed by atoms with van der Waals surface area (Å²) in [5, 5.41) is 2.13. The van der Waals surface area contributed by atoms with Crippen LogP contribution in [0, 0.1) is 5.92 Å². The van der Waals surface area contributed by atoms with Crippen molar-refractivity contribution in [2.45, 2.75) is 62.8 Å². The number of allylic oxidation sites excluding steroid dienone is 3. The third-order valence-electron chi connectivity index (χ3n) is 12.0. The van der Waals surface area contributed by atoms with Crippen molar-refractivity contribution in [3.8, 4) is 5.75 Å². The molecule has 2 unspecified atom stereocenters. The van der Waals surface area contributed by atoms with Gasteiger partial charge in [-0.25, -0.2) is 8.42 Å². The maximum Gasteiger partial charge on any atom is 0.356 e. The molecule has 7 rings (SSSR count). The molecule has 0 bridgehead atoms. The van der Waals surface area contributed by atoms with Gasteiger partial charge in [0, 0.05) is 61.2 Å². The summed E-state index contributed by atoms with van der Waals surface area (Å²) < 4.78 is 83.7. The SMILES string of the molecule is CC(F)(F)S(=O)(=O)N1CCC(n2cc(C3=CC=CC(C(N)=S)C3)c3ccc(NC(=O)CCOCCOCCOCCOCCOc4cccc5c4C(=O)N(C4CCC(=O)NC4=O)C5=O)cc32)CC1. The van der Waals surface area contributed by atoms with Crippen LogP contribution in [-0.2, 0) is 43.4 Å². The number of rotatable bonds is 23. The van der Waals surface area contributed by atoms with E-state index in [-0.39, 0.29) is 113 Å². The average molecular weight is 985 g/mol. The van der Waals surface area contributed by atoms with E-state index in [1.54, 1.807) is 12.1 Å². The average Bonchev–Trinajstić information content (AvgIpc) is 3.81. The van der Waals surface area contributed by atoms with E-state index in [2.05, 4.69) is 10.6 Å². The van der Waals surface area contributed by atoms with E-state index in [0.717, 1.165) is 31.2 Å². The number of nitrogens with one attached hydrogen (secondary N) is 2. The number of hydrogen-bond acceptors (Lipinski definition) is 13. The molecule has 1 aliphatic carbocycles. The highest BCUT2D eigenvalue weighted by Crippen LogP contribution is 2.39. The molecular formula is C46H54F2N6O12S2. The Bertz CT molecular complexity index is 2590. The Morgan fingerprint density at radius 1 is 0.897 bits per heavy atom. The van der Waals surface area contributed by atoms with Gasteiger partial charge in [0.05, 0.1) is 80.9 Å². The lowest BCUT2D eigenvalue weighted by Crippen LogP contribution is -2.54. The molecule has 0 radical (unpaired) electrons. The number of alkyl halides is 2. The van der Waals surface area contributed by atoms with E-state index in [1.165, 1.54) is 6.07 Å². The number of carbonyl (C=O) groups is 5. The minimum absolute atomic E-state index is 0.0240. The summed E-state index contributed by atoms with van der Waals surface area (Å²) in [5.74, 6) is -2.60. The van der Waals surface area contributed by atoms with E-state index in [4.69, 9.17) is 41.6 Å². The molecule has 2 atom stereocenters. The first-order valence-electron chi connectivity index (χ1n) is 22.3. The number of sulfonamides is 1. The Kier molecular flexibility index (Phi) is 16.5. The summed E-state index contributed by atoms with van der Waals surface area (Å²) in [5.41, 5.74) is 9.47. The molecule has 3 aliphatic heterocycles. The number of halogens is 2. The van der Waals surface area contributed by atoms with Crippen molar-refractivity contribution in [1.29, 1.82) is 0 Å². The molecule has 0 saturated carbocycles. The molecule has 18 nitrogen and oxygen atoms in total. The molecule has 5 amide bonds. The number of thiocarbonyl (C=S) groups is 1. The lowest BCUT2D eigenvalue weighted by molar-refractivity contribution is -0.136. The number of anilines is 1. The van der Waals surface area contributed by atoms with E-state index >= 15 is 0 Å². The molecule has 2 fully saturated rings. The second-order valence-electron chi connectivity index (χ2n) is 16.6. The van der Waals surface area contributed by atoms with E-state index in [0.29, 0.717) is 50.1 Å². The van der Waals surface area contributed by atoms with Crippen LogP contribution in [0.1, 0.15) is 77.8 Å². The number of benzene rings is 2. The Morgan fingerprint density at radius 2 is 1.56 bits per heavy atom. The van der Waals surface area contributed by atoms with Crippen LogP contribution in [0.3, 0.4) is 0 Å². The first-order chi connectivity index (χ1) is 32.5. The van der Waals surface area contributed by atoms with Gasteiger partial charge in [-0.3, -0.25) is 34.2 Å². The Morgan fingerprint density at radius 3 is 2.21 bits per heavy atom. The minimum Gasteiger partial charge on any atom is -0.490 e. The predicted octanol–water partition coefficient (Wildman–Crippen LogP) is 4.34. The maximum atomic E-state index is 14.0. The van der Waals surface area contributed by atoms with Crippen molar-refractivity contribution < 1.29 is 64.9 Å². The molecule has 4 aliphatic rings. The van der Waals surface area contributed by atoms with Crippen LogP contribution in [0.15, 0.2) is 60.8 Å². The summed E-state index contributed by atoms with van der Waals surface area (Å²) in [6.45, 7) is 2.42. The second-order valence-corrected chi connectivity index (χ2v) is 19.3. The van der Waals surface area contributed by atoms with Gasteiger partial charge < -0.3 is 39.3 Å². The van der Waals surface area contributed by atoms with Crippen LogP contribution in [-0.4, -0.2) is 141 Å². The number of fused-ring (bicyclic) bond motifs is 2. The molecule has 1 aromatic heterocycles. The minimum atomic E-state index is -4.78. The van der Waals surface area contributed by atoms with Gasteiger partial charge in [0.1, 0.15) is 18.4 Å². The van der Waals surface area contributed by atoms with Gasteiger partial charge in [0.15, 0.2) is 0 Å². The molecule has 68 heavy (non-hydrogen) atoms. The van der Waals surface area contributed by atoms with Crippen LogP contribution in [0.5, 0.6) is 5.75 Å². The molecule has 3 aromatic rings. The fourth-order valence-corrected chi connectivity index (χ4v) is 9.82. The van der Waals surface area contributed by atoms with Crippen LogP contribution in [0.2, 0.25) is 0 Å². The van der Waals surface area contributed by atoms with Crippen LogP contribution in [0.4, 0.5) is 14.5 Å². The van der Waals surface area contributed by atoms with E-state index < -0.39 is 44.9 Å². The first kappa shape index (κ1) is 50.4. The summed E-state index contributed by atoms with van der Waals surface area (Å²) in [6, 6.07) is 8.95. The summed E-state index contributed by atoms with van der Waals surface area (Å²) >= 11 is 5.27. The van der Waals surface area contributed by atoms with Gasteiger partial charge in [0.2, 0.25) is 17.7 Å². The number of ether oxygens (including phenoxy) is 5. The zero-order valence-electron chi connectivity index (χ0n) is 37.4. The summed E-state index contributed by atoms with van der Waals surface area (Å²) in [6.07, 6.45) is 9.26. The molecule has 0 spiro atoms. The molecule has 22 heteroatoms. The fourth-order valence-electron chi connectivity index (χ4n) is 8.51. The largest absolute Gasteiger partial charge is 0.490 e. The van der Waals surface area contributed by atoms with Crippen molar-refractivity contribution in [2.24, 2.45) is 11.7 Å². The highest BCUT2D eigenvalue weighted by Gasteiger charge is 2.47. The lowest BCUT2D eigenvalue weighted by atomic mass is 9.90. The van der Waals surface area contributed by atoms with Crippen LogP contribution in [0.25, 0.3) is 16.5 Å². The van der Waals surface area contributed by atoms with Gasteiger partial charge in [0.25, 0.3) is 21.8 Å². The summed E-state index contributed by atoms with van der Waals surface area (Å²) in [7, 11) is -4.78. The molecule has 2 aromatic carbocycles. The highest BCUT2D eigenvalue weighted by molar-refractivity contribution is 7.90. The number of piperidine rings is 2. The van der Waals surface area contributed by atoms with E-state index in [9.17, 15) is 41.2 Å². The third kappa shape index (κ3) is 11.7. The number of aromatic nitrogens is 1. The normalized spacial score (nSPS) is 19.3. The smallest absolute Gasteiger partial charge is 0.356 e. The number of amides is 5. The standard InChI is InChI=1S/C46H54F2N6O12S2/c1-46(47,48)68(60,61)52-15-12-32(13-16-52)53-28-35(29-4-2-5-30(26-29)42(49)67)33-9-8-31(27-37(33)53)50-40(56)14-17-62-18-19-63-20-21-64-22-23-65-24-25-66-38-7-3-6-34-41(38)45(59)54(44(34)58)36-10-11-39(55)51-43(36)57/h2-9,27-28,30,32,36H,10-26H2,1H3,(H2,49,67)(H,50,56)(H,51,55,57). The van der Waals surface area contributed by atoms with Gasteiger partial charge in [-0.05, 0) is 55.5 Å². The third-order valence-corrected chi connectivity index (χ3v) is 14.3. The number of nitrogens with zero attached hydrogens (tertiary/aromatic N) is 3. The monoisotopic (exact) mass is 984 g/mol. The molecule has 4 N–H and O–H groups in total. The lowest BCUT2D eigenvalue weighted by Gasteiger charge is -2.33. The zero-order valence-corrected chi connectivity index (χ0v) is 39.0. The van der Waals surface area contributed by atoms with Crippen LogP contribution < -0.4 is 21.1 Å². The number of nitrogens with two attached hydrogens (primary N) is 1. The molecule has 4 heterocycles. The molecular weight excluding hydrogens is 931 g/mol. The van der Waals surface area contributed by atoms with Crippen molar-refractivity contribution in [3.63, 3.8) is 0 Å². The summed E-state index contributed by atoms with van der Waals surface area (Å²) in [4.78, 5) is 64.3. The molecule has 366 valence electrons. The maximum absolute atomic E-state index is 14.0. The Hall–Kier alpha value is -5.49. The highest BCUT2D eigenvalue weighted by atomic mass is 32.2. The first-order valence-corrected chi connectivity index (χ1v) is 24.2. The van der Waals surface area contributed by atoms with Gasteiger partial charge in [-0.2, -0.15) is 13.1 Å². The Labute approximate surface area is 397 Å². The van der Waals surface area contributed by atoms with Crippen molar-refractivity contribution in [2.75, 3.05) is 77.9 Å². The van der Waals surface area contributed by atoms with Crippen LogP contribution >= 0.6 is 12.2 Å². The number of imide groups is 2. The fraction of sp³-hybridized carbons (Fsp3) is 0.478. The van der Waals surface area contributed by atoms with Gasteiger partial charge in [-0.1, -0.05) is 42.6 Å². The van der Waals surface area contributed by atoms with Crippen molar-refractivity contribution in [1.82, 2.24) is 19.1 Å². The quantitative estimate of drug-likeness (QED) is 0.0683. The Balaban J connectivity index is 0.781. The molecule has 2 saturated heterocycles. The van der Waals surface area contributed by atoms with Crippen molar-refractivity contribution >= 4 is 78.9 Å². The van der Waals surface area contributed by atoms with Gasteiger partial charge in [-0.15, -0.1) is 0 Å². The topological polar surface area (TPSA) is 227 Å². The number of carbonyl (C=O) groups excluding carboxylic acids is 5. The second kappa shape index (κ2) is 22.3. The number of hydrogen-bond donors (Lipinski definition) is 3. The zero-order chi connectivity index (χ0) is 48.6. The van der Waals surface area contributed by atoms with Crippen molar-refractivity contribution in [3.05, 3.63) is 77.5 Å². The van der Waals surface area contributed by atoms with Gasteiger partial charge >= 0.3 is 5.25 Å². The van der Waals surface area contributed by atoms with E-state index in [1.807, 2.05) is 47.2 Å². The predicted molar refractivity (Wildman–Crippen MR) is 248 cm³/mol.